The van der Waals surface area contributed by atoms with E-state index in [0.717, 1.165) is 5.56 Å². The maximum absolute atomic E-state index is 12.5. The van der Waals surface area contributed by atoms with Crippen LogP contribution in [-0.4, -0.2) is 10.8 Å². The van der Waals surface area contributed by atoms with E-state index in [-0.39, 0.29) is 10.3 Å². The van der Waals surface area contributed by atoms with Crippen LogP contribution in [0, 0.1) is 0 Å². The van der Waals surface area contributed by atoms with Crippen LogP contribution in [0.5, 0.6) is 0 Å². The van der Waals surface area contributed by atoms with Crippen molar-refractivity contribution in [3.8, 4) is 11.3 Å². The predicted octanol–water partition coefficient (Wildman–Crippen LogP) is 3.20. The maximum Gasteiger partial charge on any atom is 0.248 e. The van der Waals surface area contributed by atoms with Crippen LogP contribution in [0.4, 0.5) is 0 Å². The van der Waals surface area contributed by atoms with Gasteiger partial charge in [0.2, 0.25) is 10.3 Å². The van der Waals surface area contributed by atoms with E-state index >= 15 is 0 Å². The molecule has 3 aromatic rings. The highest BCUT2D eigenvalue weighted by atomic mass is 32.2. The second-order valence-electron chi connectivity index (χ2n) is 4.41. The molecule has 0 bridgehead atoms. The molecular weight excluding hydrogens is 272 g/mol. The first-order valence-electron chi connectivity index (χ1n) is 6.13. The molecule has 0 aliphatic heterocycles. The number of fused-ring (bicyclic) bond motifs is 1. The van der Waals surface area contributed by atoms with E-state index in [9.17, 15) is 9.35 Å². The average molecular weight is 284 g/mol. The fraction of sp³-hybridized carbons (Fsp3) is 0.0625. The number of hydrogen-bond acceptors (Lipinski definition) is 3. The number of benzene rings is 2. The zero-order valence-corrected chi connectivity index (χ0v) is 11.6. The minimum atomic E-state index is -1.41. The topological polar surface area (TPSA) is 53.3 Å². The number of hydrogen-bond donors (Lipinski definition) is 0. The lowest BCUT2D eigenvalue weighted by atomic mass is 10.1. The van der Waals surface area contributed by atoms with Gasteiger partial charge in [-0.05, 0) is 23.3 Å². The van der Waals surface area contributed by atoms with Crippen molar-refractivity contribution in [2.24, 2.45) is 0 Å². The second-order valence-corrected chi connectivity index (χ2v) is 5.72. The summed E-state index contributed by atoms with van der Waals surface area (Å²) in [5, 5.41) is 0.456. The van der Waals surface area contributed by atoms with Gasteiger partial charge >= 0.3 is 0 Å². The van der Waals surface area contributed by atoms with Crippen molar-refractivity contribution < 1.29 is 8.97 Å². The van der Waals surface area contributed by atoms with Gasteiger partial charge in [0.05, 0.1) is 5.39 Å². The van der Waals surface area contributed by atoms with Gasteiger partial charge in [0.25, 0.3) is 0 Å². The molecule has 0 amide bonds. The Kier molecular flexibility index (Phi) is 3.34. The van der Waals surface area contributed by atoms with Gasteiger partial charge in [-0.3, -0.25) is 4.79 Å². The lowest BCUT2D eigenvalue weighted by Crippen LogP contribution is -2.15. The molecule has 1 atom stereocenters. The van der Waals surface area contributed by atoms with Crippen LogP contribution in [-0.2, 0) is 11.2 Å². The highest BCUT2D eigenvalue weighted by molar-refractivity contribution is 7.90. The van der Waals surface area contributed by atoms with E-state index in [2.05, 4.69) is 0 Å². The Morgan fingerprint density at radius 1 is 1.00 bits per heavy atom. The molecule has 0 N–H and O–H groups in total. The second kappa shape index (κ2) is 5.15. The average Bonchev–Trinajstić information content (AvgIpc) is 2.47. The van der Waals surface area contributed by atoms with E-state index in [0.29, 0.717) is 16.7 Å². The van der Waals surface area contributed by atoms with Crippen LogP contribution in [0.3, 0.4) is 0 Å². The van der Waals surface area contributed by atoms with Gasteiger partial charge in [0, 0.05) is 5.56 Å². The highest BCUT2D eigenvalue weighted by Gasteiger charge is 2.23. The first-order chi connectivity index (χ1) is 9.68. The third-order valence-electron chi connectivity index (χ3n) is 3.08. The summed E-state index contributed by atoms with van der Waals surface area (Å²) < 4.78 is 17.8. The molecule has 0 fully saturated rings. The molecule has 2 aromatic carbocycles. The van der Waals surface area contributed by atoms with Gasteiger partial charge in [0.15, 0.2) is 5.76 Å². The Bertz CT molecular complexity index is 807. The molecular formula is C16H12O3S. The summed E-state index contributed by atoms with van der Waals surface area (Å²) in [5.41, 5.74) is 1.03. The van der Waals surface area contributed by atoms with Gasteiger partial charge < -0.3 is 8.97 Å². The fourth-order valence-corrected chi connectivity index (χ4v) is 2.96. The van der Waals surface area contributed by atoms with Crippen molar-refractivity contribution in [3.05, 3.63) is 64.8 Å². The van der Waals surface area contributed by atoms with Crippen molar-refractivity contribution in [3.63, 3.8) is 0 Å². The van der Waals surface area contributed by atoms with Crippen molar-refractivity contribution in [2.75, 3.05) is 6.26 Å². The Labute approximate surface area is 119 Å². The molecule has 0 spiro atoms. The van der Waals surface area contributed by atoms with E-state index in [1.54, 1.807) is 18.2 Å². The molecule has 4 heteroatoms. The van der Waals surface area contributed by atoms with Gasteiger partial charge in [0.1, 0.15) is 11.8 Å². The molecule has 3 rings (SSSR count). The van der Waals surface area contributed by atoms with E-state index < -0.39 is 11.2 Å². The van der Waals surface area contributed by atoms with E-state index in [1.807, 2.05) is 36.4 Å². The zero-order chi connectivity index (χ0) is 14.1. The van der Waals surface area contributed by atoms with Gasteiger partial charge in [-0.2, -0.15) is 0 Å². The minimum Gasteiger partial charge on any atom is -0.611 e. The van der Waals surface area contributed by atoms with Crippen LogP contribution in [0.15, 0.2) is 68.7 Å². The van der Waals surface area contributed by atoms with Crippen molar-refractivity contribution >= 4 is 22.1 Å². The van der Waals surface area contributed by atoms with E-state index in [1.165, 1.54) is 6.26 Å². The largest absolute Gasteiger partial charge is 0.611 e. The quantitative estimate of drug-likeness (QED) is 0.679. The highest BCUT2D eigenvalue weighted by Crippen LogP contribution is 2.28. The van der Waals surface area contributed by atoms with Crippen molar-refractivity contribution in [1.82, 2.24) is 0 Å². The molecule has 100 valence electrons. The maximum atomic E-state index is 12.5. The van der Waals surface area contributed by atoms with Crippen molar-refractivity contribution in [2.45, 2.75) is 4.90 Å². The molecule has 0 saturated heterocycles. The first-order valence-corrected chi connectivity index (χ1v) is 7.69. The summed E-state index contributed by atoms with van der Waals surface area (Å²) in [6, 6.07) is 16.3. The van der Waals surface area contributed by atoms with Gasteiger partial charge in [-0.1, -0.05) is 42.5 Å². The Balaban J connectivity index is 2.42. The molecule has 0 saturated carbocycles. The molecule has 0 aliphatic rings. The molecule has 1 unspecified atom stereocenters. The number of para-hydroxylation sites is 1. The summed E-state index contributed by atoms with van der Waals surface area (Å²) in [6.07, 6.45) is 1.49. The van der Waals surface area contributed by atoms with Crippen molar-refractivity contribution in [1.29, 1.82) is 0 Å². The Hall–Kier alpha value is -2.04. The van der Waals surface area contributed by atoms with Gasteiger partial charge in [-0.25, -0.2) is 0 Å². The molecule has 1 aromatic heterocycles. The van der Waals surface area contributed by atoms with Gasteiger partial charge in [-0.15, -0.1) is 0 Å². The van der Waals surface area contributed by atoms with Crippen LogP contribution < -0.4 is 5.43 Å². The third kappa shape index (κ3) is 2.13. The predicted molar refractivity (Wildman–Crippen MR) is 80.3 cm³/mol. The normalized spacial score (nSPS) is 12.5. The third-order valence-corrected chi connectivity index (χ3v) is 4.03. The summed E-state index contributed by atoms with van der Waals surface area (Å²) in [7, 11) is 0. The monoisotopic (exact) mass is 284 g/mol. The molecule has 3 nitrogen and oxygen atoms in total. The van der Waals surface area contributed by atoms with E-state index in [4.69, 9.17) is 4.42 Å². The zero-order valence-electron chi connectivity index (χ0n) is 10.8. The van der Waals surface area contributed by atoms with Crippen LogP contribution in [0.2, 0.25) is 0 Å². The lowest BCUT2D eigenvalue weighted by molar-refractivity contribution is 0.580. The fourth-order valence-electron chi connectivity index (χ4n) is 2.17. The molecule has 20 heavy (non-hydrogen) atoms. The van der Waals surface area contributed by atoms with Crippen LogP contribution in [0.25, 0.3) is 22.3 Å². The standard InChI is InChI=1S/C16H12O3S/c1-20(18)16-14(17)12-9-5-6-10-13(12)19-15(16)11-7-3-2-4-8-11/h2-10H,1H3. The molecule has 1 heterocycles. The minimum absolute atomic E-state index is 0.218. The molecule has 0 radical (unpaired) electrons. The van der Waals surface area contributed by atoms with Crippen LogP contribution in [0.1, 0.15) is 0 Å². The molecule has 0 aliphatic carbocycles. The SMILES string of the molecule is C[S+]([O-])c1c(-c2ccccc2)oc2ccccc2c1=O. The smallest absolute Gasteiger partial charge is 0.248 e. The number of rotatable bonds is 2. The Morgan fingerprint density at radius 2 is 1.65 bits per heavy atom. The summed E-state index contributed by atoms with van der Waals surface area (Å²) in [6.45, 7) is 0. The summed E-state index contributed by atoms with van der Waals surface area (Å²) in [4.78, 5) is 12.7. The summed E-state index contributed by atoms with van der Waals surface area (Å²) in [5.74, 6) is 0.384. The first kappa shape index (κ1) is 13.0. The summed E-state index contributed by atoms with van der Waals surface area (Å²) >= 11 is -1.41. The van der Waals surface area contributed by atoms with Crippen LogP contribution >= 0.6 is 0 Å². The Morgan fingerprint density at radius 3 is 2.35 bits per heavy atom. The lowest BCUT2D eigenvalue weighted by Gasteiger charge is -2.10.